The van der Waals surface area contributed by atoms with Crippen LogP contribution in [0.1, 0.15) is 72.1 Å². The molecule has 0 heterocycles. The van der Waals surface area contributed by atoms with Gasteiger partial charge in [0, 0.05) is 12.3 Å². The van der Waals surface area contributed by atoms with Crippen LogP contribution < -0.4 is 0 Å². The number of carbonyl (C=O) groups excluding carboxylic acids is 2. The van der Waals surface area contributed by atoms with Crippen molar-refractivity contribution in [2.24, 2.45) is 34.5 Å². The van der Waals surface area contributed by atoms with Crippen LogP contribution in [0.25, 0.3) is 0 Å². The van der Waals surface area contributed by atoms with Gasteiger partial charge in [-0.25, -0.2) is 0 Å². The first kappa shape index (κ1) is 18.0. The molecule has 8 atom stereocenters. The van der Waals surface area contributed by atoms with Crippen LogP contribution in [0.4, 0.5) is 0 Å². The molecule has 140 valence electrons. The van der Waals surface area contributed by atoms with E-state index in [1.165, 1.54) is 32.6 Å². The van der Waals surface area contributed by atoms with Crippen molar-refractivity contribution in [2.75, 3.05) is 0 Å². The second-order valence-electron chi connectivity index (χ2n) is 9.69. The van der Waals surface area contributed by atoms with Crippen LogP contribution in [0.15, 0.2) is 0 Å². The number of fused-ring (bicyclic) bond motifs is 5. The second kappa shape index (κ2) is 6.07. The van der Waals surface area contributed by atoms with E-state index in [9.17, 15) is 9.59 Å². The molecule has 4 rings (SSSR count). The Bertz CT molecular complexity index is 590. The van der Waals surface area contributed by atoms with Gasteiger partial charge in [-0.3, -0.25) is 9.59 Å². The van der Waals surface area contributed by atoms with Gasteiger partial charge in [0.1, 0.15) is 6.10 Å². The third-order valence-electron chi connectivity index (χ3n) is 8.65. The van der Waals surface area contributed by atoms with Gasteiger partial charge in [-0.05, 0) is 80.5 Å². The van der Waals surface area contributed by atoms with Gasteiger partial charge in [0.25, 0.3) is 0 Å². The molecule has 0 unspecified atom stereocenters. The fourth-order valence-electron chi connectivity index (χ4n) is 7.31. The molecule has 0 spiro atoms. The Morgan fingerprint density at radius 3 is 2.56 bits per heavy atom. The summed E-state index contributed by atoms with van der Waals surface area (Å²) in [4.78, 5) is 24.2. The van der Waals surface area contributed by atoms with Gasteiger partial charge in [0.15, 0.2) is 5.78 Å². The number of ether oxygens (including phenoxy) is 1. The molecule has 4 aliphatic carbocycles. The summed E-state index contributed by atoms with van der Waals surface area (Å²) in [6, 6.07) is 0. The highest BCUT2D eigenvalue weighted by Gasteiger charge is 2.62. The van der Waals surface area contributed by atoms with Crippen LogP contribution in [0, 0.1) is 34.5 Å². The molecule has 0 aliphatic heterocycles. The lowest BCUT2D eigenvalue weighted by molar-refractivity contribution is -0.160. The topological polar surface area (TPSA) is 43.4 Å². The van der Waals surface area contributed by atoms with Crippen LogP contribution in [-0.4, -0.2) is 22.7 Å². The largest absolute Gasteiger partial charge is 0.463 e. The monoisotopic (exact) mass is 410 g/mol. The smallest absolute Gasteiger partial charge is 0.302 e. The van der Waals surface area contributed by atoms with Crippen LogP contribution in [0.5, 0.6) is 0 Å². The second-order valence-corrected chi connectivity index (χ2v) is 10.8. The Hall–Kier alpha value is -0.380. The predicted octanol–water partition coefficient (Wildman–Crippen LogP) is 4.90. The number of esters is 1. The lowest BCUT2D eigenvalue weighted by atomic mass is 9.45. The van der Waals surface area contributed by atoms with Crippen molar-refractivity contribution in [1.82, 2.24) is 0 Å². The summed E-state index contributed by atoms with van der Waals surface area (Å²) in [5.74, 6) is 3.01. The lowest BCUT2D eigenvalue weighted by Crippen LogP contribution is -2.54. The number of hydrogen-bond acceptors (Lipinski definition) is 3. The van der Waals surface area contributed by atoms with E-state index in [1.54, 1.807) is 0 Å². The zero-order valence-electron chi connectivity index (χ0n) is 15.7. The van der Waals surface area contributed by atoms with E-state index in [4.69, 9.17) is 4.74 Å². The summed E-state index contributed by atoms with van der Waals surface area (Å²) in [6.07, 6.45) is 9.15. The van der Waals surface area contributed by atoms with Gasteiger partial charge in [-0.1, -0.05) is 29.8 Å². The Morgan fingerprint density at radius 1 is 1.08 bits per heavy atom. The number of rotatable bonds is 1. The average molecular weight is 411 g/mol. The highest BCUT2D eigenvalue weighted by Crippen LogP contribution is 2.66. The molecule has 0 bridgehead atoms. The van der Waals surface area contributed by atoms with E-state index in [-0.39, 0.29) is 22.3 Å². The third kappa shape index (κ3) is 2.64. The zero-order chi connectivity index (χ0) is 18.0. The maximum Gasteiger partial charge on any atom is 0.302 e. The average Bonchev–Trinajstić information content (AvgIpc) is 2.78. The zero-order valence-corrected chi connectivity index (χ0v) is 17.3. The number of hydrogen-bond donors (Lipinski definition) is 0. The Morgan fingerprint density at radius 2 is 1.84 bits per heavy atom. The number of halogens is 1. The number of ketones is 1. The summed E-state index contributed by atoms with van der Waals surface area (Å²) < 4.78 is 5.54. The van der Waals surface area contributed by atoms with E-state index < -0.39 is 0 Å². The SMILES string of the molecule is CC(=O)O[C@H]1CC[C@@]2(C)[C@@H](CC[C@@H]3[C@@H]2CC[C@]2(C)C(=O)[C@H](Br)C[C@@H]32)C1. The highest BCUT2D eigenvalue weighted by molar-refractivity contribution is 9.10. The third-order valence-corrected chi connectivity index (χ3v) is 9.44. The first-order valence-corrected chi connectivity index (χ1v) is 11.0. The Balaban J connectivity index is 1.55. The van der Waals surface area contributed by atoms with Gasteiger partial charge in [0.2, 0.25) is 0 Å². The molecule has 25 heavy (non-hydrogen) atoms. The van der Waals surface area contributed by atoms with Crippen LogP contribution >= 0.6 is 15.9 Å². The van der Waals surface area contributed by atoms with Gasteiger partial charge in [-0.15, -0.1) is 0 Å². The van der Waals surface area contributed by atoms with E-state index in [0.717, 1.165) is 31.6 Å². The van der Waals surface area contributed by atoms with E-state index in [1.807, 2.05) is 0 Å². The Kier molecular flexibility index (Phi) is 4.37. The van der Waals surface area contributed by atoms with Crippen molar-refractivity contribution < 1.29 is 14.3 Å². The van der Waals surface area contributed by atoms with Crippen molar-refractivity contribution in [2.45, 2.75) is 83.1 Å². The molecule has 0 saturated heterocycles. The normalized spacial score (nSPS) is 52.1. The summed E-state index contributed by atoms with van der Waals surface area (Å²) in [7, 11) is 0. The summed E-state index contributed by atoms with van der Waals surface area (Å²) >= 11 is 3.66. The Labute approximate surface area is 159 Å². The molecule has 3 nitrogen and oxygen atoms in total. The van der Waals surface area contributed by atoms with Crippen molar-refractivity contribution in [3.63, 3.8) is 0 Å². The molecular formula is C21H31BrO3. The number of Topliss-reactive ketones (excluding diaryl/α,β-unsaturated/α-hetero) is 1. The predicted molar refractivity (Wildman–Crippen MR) is 100 cm³/mol. The summed E-state index contributed by atoms with van der Waals surface area (Å²) in [5.41, 5.74) is 0.280. The molecule has 0 aromatic rings. The molecular weight excluding hydrogens is 380 g/mol. The molecule has 4 aliphatic rings. The van der Waals surface area contributed by atoms with Gasteiger partial charge >= 0.3 is 5.97 Å². The maximum atomic E-state index is 12.7. The molecule has 0 amide bonds. The molecule has 0 aromatic carbocycles. The quantitative estimate of drug-likeness (QED) is 0.455. The molecule has 4 heteroatoms. The lowest BCUT2D eigenvalue weighted by Gasteiger charge is -2.60. The van der Waals surface area contributed by atoms with E-state index >= 15 is 0 Å². The maximum absolute atomic E-state index is 12.7. The van der Waals surface area contributed by atoms with Crippen molar-refractivity contribution in [3.8, 4) is 0 Å². The number of alkyl halides is 1. The fourth-order valence-corrected chi connectivity index (χ4v) is 8.23. The fraction of sp³-hybridized carbons (Fsp3) is 0.905. The van der Waals surface area contributed by atoms with Gasteiger partial charge in [0.05, 0.1) is 4.83 Å². The minimum Gasteiger partial charge on any atom is -0.463 e. The number of carbonyl (C=O) groups is 2. The minimum atomic E-state index is -0.136. The van der Waals surface area contributed by atoms with Crippen molar-refractivity contribution >= 4 is 27.7 Å². The highest BCUT2D eigenvalue weighted by atomic mass is 79.9. The molecule has 4 fully saturated rings. The summed E-state index contributed by atoms with van der Waals surface area (Å²) in [5, 5.41) is 0. The van der Waals surface area contributed by atoms with Gasteiger partial charge in [-0.2, -0.15) is 0 Å². The van der Waals surface area contributed by atoms with E-state index in [0.29, 0.717) is 29.0 Å². The molecule has 0 aromatic heterocycles. The standard InChI is InChI=1S/C21H31BrO3/c1-12(23)25-14-6-8-20(2)13(10-14)4-5-15-16(20)7-9-21(3)17(15)11-18(22)19(21)24/h13-18H,4-11H2,1-3H3/t13-,14-,15+,16-,17-,18+,20-,21-/m0/s1. The van der Waals surface area contributed by atoms with Crippen LogP contribution in [0.2, 0.25) is 0 Å². The first-order chi connectivity index (χ1) is 11.8. The van der Waals surface area contributed by atoms with Crippen molar-refractivity contribution in [3.05, 3.63) is 0 Å². The minimum absolute atomic E-state index is 0.0754. The van der Waals surface area contributed by atoms with E-state index in [2.05, 4.69) is 29.8 Å². The molecule has 0 radical (unpaired) electrons. The van der Waals surface area contributed by atoms with Crippen LogP contribution in [0.3, 0.4) is 0 Å². The van der Waals surface area contributed by atoms with Gasteiger partial charge < -0.3 is 4.74 Å². The molecule has 0 N–H and O–H groups in total. The first-order valence-electron chi connectivity index (χ1n) is 10.1. The molecule has 4 saturated carbocycles. The van der Waals surface area contributed by atoms with Crippen LogP contribution in [-0.2, 0) is 14.3 Å². The van der Waals surface area contributed by atoms with Crippen molar-refractivity contribution in [1.29, 1.82) is 0 Å². The summed E-state index contributed by atoms with van der Waals surface area (Å²) in [6.45, 7) is 6.27.